The molecule has 4 heteroatoms. The fourth-order valence-electron chi connectivity index (χ4n) is 2.04. The molecule has 0 heterocycles. The van der Waals surface area contributed by atoms with Crippen LogP contribution >= 0.6 is 0 Å². The highest BCUT2D eigenvalue weighted by Crippen LogP contribution is 2.10. The second-order valence-electron chi connectivity index (χ2n) is 5.26. The van der Waals surface area contributed by atoms with Crippen molar-refractivity contribution in [2.45, 2.75) is 13.8 Å². The third-order valence-electron chi connectivity index (χ3n) is 3.49. The molecule has 2 rings (SSSR count). The van der Waals surface area contributed by atoms with Crippen LogP contribution in [0.5, 0.6) is 0 Å². The Morgan fingerprint density at radius 1 is 1.09 bits per heavy atom. The van der Waals surface area contributed by atoms with Crippen molar-refractivity contribution in [2.75, 3.05) is 11.9 Å². The van der Waals surface area contributed by atoms with Crippen LogP contribution in [0.1, 0.15) is 27.0 Å². The zero-order chi connectivity index (χ0) is 16.8. The maximum Gasteiger partial charge on any atom is 0.251 e. The number of hydrogen-bond donors (Lipinski definition) is 2. The van der Waals surface area contributed by atoms with Gasteiger partial charge in [0.2, 0.25) is 5.91 Å². The Morgan fingerprint density at radius 3 is 2.57 bits per heavy atom. The van der Waals surface area contributed by atoms with E-state index in [0.29, 0.717) is 16.8 Å². The van der Waals surface area contributed by atoms with Crippen molar-refractivity contribution in [1.29, 1.82) is 0 Å². The summed E-state index contributed by atoms with van der Waals surface area (Å²) in [6.07, 6.45) is 5.32. The lowest BCUT2D eigenvalue weighted by molar-refractivity contribution is -0.115. The molecule has 0 radical (unpaired) electrons. The van der Waals surface area contributed by atoms with Crippen LogP contribution in [0.4, 0.5) is 5.69 Å². The number of aryl methyl sites for hydroxylation is 2. The van der Waals surface area contributed by atoms with Crippen LogP contribution in [0.15, 0.2) is 42.5 Å². The lowest BCUT2D eigenvalue weighted by Crippen LogP contribution is -2.32. The second kappa shape index (κ2) is 7.28. The predicted octanol–water partition coefficient (Wildman–Crippen LogP) is 2.65. The van der Waals surface area contributed by atoms with Gasteiger partial charge in [-0.1, -0.05) is 18.1 Å². The van der Waals surface area contributed by atoms with Gasteiger partial charge in [0.1, 0.15) is 0 Å². The molecule has 2 amide bonds. The smallest absolute Gasteiger partial charge is 0.251 e. The normalized spacial score (nSPS) is 9.78. The number of amides is 2. The minimum atomic E-state index is -0.309. The molecule has 0 saturated heterocycles. The zero-order valence-electron chi connectivity index (χ0n) is 13.1. The number of benzene rings is 2. The second-order valence-corrected chi connectivity index (χ2v) is 5.26. The van der Waals surface area contributed by atoms with Crippen molar-refractivity contribution in [2.24, 2.45) is 0 Å². The van der Waals surface area contributed by atoms with Crippen LogP contribution in [0, 0.1) is 26.2 Å². The number of carbonyl (C=O) groups excluding carboxylic acids is 2. The van der Waals surface area contributed by atoms with Crippen molar-refractivity contribution in [1.82, 2.24) is 5.32 Å². The molecule has 0 bridgehead atoms. The number of carbonyl (C=O) groups is 2. The van der Waals surface area contributed by atoms with Gasteiger partial charge in [-0.05, 0) is 55.3 Å². The number of hydrogen-bond acceptors (Lipinski definition) is 2. The van der Waals surface area contributed by atoms with E-state index in [0.717, 1.165) is 11.1 Å². The van der Waals surface area contributed by atoms with E-state index in [1.54, 1.807) is 36.4 Å². The first-order chi connectivity index (χ1) is 11.0. The number of rotatable bonds is 4. The lowest BCUT2D eigenvalue weighted by atomic mass is 10.1. The Morgan fingerprint density at radius 2 is 1.87 bits per heavy atom. The quantitative estimate of drug-likeness (QED) is 0.853. The van der Waals surface area contributed by atoms with Gasteiger partial charge in [-0.2, -0.15) is 0 Å². The topological polar surface area (TPSA) is 58.2 Å². The average Bonchev–Trinajstić information content (AvgIpc) is 2.55. The molecular formula is C19H18N2O2. The van der Waals surface area contributed by atoms with Gasteiger partial charge in [0, 0.05) is 16.8 Å². The van der Waals surface area contributed by atoms with Crippen molar-refractivity contribution >= 4 is 17.5 Å². The summed E-state index contributed by atoms with van der Waals surface area (Å²) >= 11 is 0. The molecular weight excluding hydrogens is 288 g/mol. The SMILES string of the molecule is C#Cc1cccc(NC(=O)CNC(=O)c2ccc(C)c(C)c2)c1. The van der Waals surface area contributed by atoms with E-state index in [9.17, 15) is 9.59 Å². The van der Waals surface area contributed by atoms with Gasteiger partial charge in [-0.15, -0.1) is 6.42 Å². The lowest BCUT2D eigenvalue weighted by Gasteiger charge is -2.08. The van der Waals surface area contributed by atoms with E-state index < -0.39 is 0 Å². The Labute approximate surface area is 135 Å². The minimum Gasteiger partial charge on any atom is -0.343 e. The van der Waals surface area contributed by atoms with E-state index >= 15 is 0 Å². The summed E-state index contributed by atoms with van der Waals surface area (Å²) < 4.78 is 0. The largest absolute Gasteiger partial charge is 0.343 e. The first-order valence-corrected chi connectivity index (χ1v) is 7.21. The summed E-state index contributed by atoms with van der Waals surface area (Å²) in [4.78, 5) is 23.9. The molecule has 0 atom stereocenters. The molecule has 0 aliphatic rings. The van der Waals surface area contributed by atoms with Crippen LogP contribution < -0.4 is 10.6 Å². The summed E-state index contributed by atoms with van der Waals surface area (Å²) in [5.41, 5.74) is 3.98. The predicted molar refractivity (Wildman–Crippen MR) is 91.3 cm³/mol. The Balaban J connectivity index is 1.92. The van der Waals surface area contributed by atoms with Crippen LogP contribution in [0.3, 0.4) is 0 Å². The molecule has 2 aromatic rings. The van der Waals surface area contributed by atoms with E-state index in [1.807, 2.05) is 19.9 Å². The van der Waals surface area contributed by atoms with Gasteiger partial charge in [-0.3, -0.25) is 9.59 Å². The number of terminal acetylenes is 1. The number of nitrogens with one attached hydrogen (secondary N) is 2. The highest BCUT2D eigenvalue weighted by molar-refractivity contribution is 5.99. The highest BCUT2D eigenvalue weighted by Gasteiger charge is 2.09. The molecule has 0 aromatic heterocycles. The molecule has 2 N–H and O–H groups in total. The zero-order valence-corrected chi connectivity index (χ0v) is 13.1. The molecule has 4 nitrogen and oxygen atoms in total. The monoisotopic (exact) mass is 306 g/mol. The van der Waals surface area contributed by atoms with Crippen molar-refractivity contribution in [3.63, 3.8) is 0 Å². The average molecular weight is 306 g/mol. The molecule has 116 valence electrons. The van der Waals surface area contributed by atoms with Crippen molar-refractivity contribution in [3.8, 4) is 12.3 Å². The molecule has 0 unspecified atom stereocenters. The highest BCUT2D eigenvalue weighted by atomic mass is 16.2. The van der Waals surface area contributed by atoms with Crippen molar-refractivity contribution in [3.05, 3.63) is 64.7 Å². The van der Waals surface area contributed by atoms with Crippen LogP contribution in [-0.4, -0.2) is 18.4 Å². The number of anilines is 1. The Hall–Kier alpha value is -3.06. The third kappa shape index (κ3) is 4.45. The maximum absolute atomic E-state index is 12.0. The minimum absolute atomic E-state index is 0.105. The van der Waals surface area contributed by atoms with E-state index in [2.05, 4.69) is 16.6 Å². The van der Waals surface area contributed by atoms with Crippen LogP contribution in [0.2, 0.25) is 0 Å². The Kier molecular flexibility index (Phi) is 5.16. The first kappa shape index (κ1) is 16.3. The Bertz CT molecular complexity index is 788. The van der Waals surface area contributed by atoms with E-state index in [1.165, 1.54) is 0 Å². The maximum atomic E-state index is 12.0. The summed E-state index contributed by atoms with van der Waals surface area (Å²) in [5.74, 6) is 1.91. The molecule has 0 fully saturated rings. The van der Waals surface area contributed by atoms with Gasteiger partial charge < -0.3 is 10.6 Å². The summed E-state index contributed by atoms with van der Waals surface area (Å²) in [6.45, 7) is 3.82. The van der Waals surface area contributed by atoms with Gasteiger partial charge in [0.15, 0.2) is 0 Å². The molecule has 0 aliphatic heterocycles. The molecule has 0 saturated carbocycles. The van der Waals surface area contributed by atoms with Crippen LogP contribution in [-0.2, 0) is 4.79 Å². The molecule has 0 spiro atoms. The summed E-state index contributed by atoms with van der Waals surface area (Å²) in [6, 6.07) is 12.4. The van der Waals surface area contributed by atoms with Gasteiger partial charge in [0.05, 0.1) is 6.54 Å². The fraction of sp³-hybridized carbons (Fsp3) is 0.158. The van der Waals surface area contributed by atoms with E-state index in [4.69, 9.17) is 6.42 Å². The summed E-state index contributed by atoms with van der Waals surface area (Å²) in [5, 5.41) is 5.30. The molecule has 0 aliphatic carbocycles. The summed E-state index contributed by atoms with van der Waals surface area (Å²) in [7, 11) is 0. The van der Waals surface area contributed by atoms with Crippen molar-refractivity contribution < 1.29 is 9.59 Å². The van der Waals surface area contributed by atoms with Gasteiger partial charge in [0.25, 0.3) is 5.91 Å². The first-order valence-electron chi connectivity index (χ1n) is 7.21. The van der Waals surface area contributed by atoms with E-state index in [-0.39, 0.29) is 18.4 Å². The molecule has 23 heavy (non-hydrogen) atoms. The van der Waals surface area contributed by atoms with Gasteiger partial charge >= 0.3 is 0 Å². The molecule has 2 aromatic carbocycles. The standard InChI is InChI=1S/C19H18N2O2/c1-4-15-6-5-7-17(11-15)21-18(22)12-20-19(23)16-9-8-13(2)14(3)10-16/h1,5-11H,12H2,2-3H3,(H,20,23)(H,21,22). The van der Waals surface area contributed by atoms with Crippen LogP contribution in [0.25, 0.3) is 0 Å². The van der Waals surface area contributed by atoms with Gasteiger partial charge in [-0.25, -0.2) is 0 Å². The fourth-order valence-corrected chi connectivity index (χ4v) is 2.04. The third-order valence-corrected chi connectivity index (χ3v) is 3.49.